The lowest BCUT2D eigenvalue weighted by Crippen LogP contribution is -2.03. The highest BCUT2D eigenvalue weighted by molar-refractivity contribution is 9.10. The van der Waals surface area contributed by atoms with Crippen LogP contribution in [0.1, 0.15) is 29.5 Å². The van der Waals surface area contributed by atoms with Gasteiger partial charge in [-0.1, -0.05) is 24.8 Å². The van der Waals surface area contributed by atoms with Gasteiger partial charge in [0.25, 0.3) is 0 Å². The fourth-order valence-corrected chi connectivity index (χ4v) is 2.71. The maximum absolute atomic E-state index is 3.81. The maximum Gasteiger partial charge on any atom is 0.0282 e. The SMILES string of the molecule is C=Cc1ccc2c(c1Br)CCCC2. The summed E-state index contributed by atoms with van der Waals surface area (Å²) in [7, 11) is 0. The molecule has 0 nitrogen and oxygen atoms in total. The highest BCUT2D eigenvalue weighted by atomic mass is 79.9. The van der Waals surface area contributed by atoms with Crippen LogP contribution in [0.4, 0.5) is 0 Å². The van der Waals surface area contributed by atoms with E-state index in [4.69, 9.17) is 0 Å². The van der Waals surface area contributed by atoms with Crippen molar-refractivity contribution < 1.29 is 0 Å². The van der Waals surface area contributed by atoms with Crippen molar-refractivity contribution in [1.82, 2.24) is 0 Å². The van der Waals surface area contributed by atoms with Crippen LogP contribution in [0.2, 0.25) is 0 Å². The fraction of sp³-hybridized carbons (Fsp3) is 0.333. The average molecular weight is 237 g/mol. The van der Waals surface area contributed by atoms with Gasteiger partial charge in [-0.2, -0.15) is 0 Å². The van der Waals surface area contributed by atoms with Crippen LogP contribution in [-0.2, 0) is 12.8 Å². The molecule has 1 heteroatoms. The van der Waals surface area contributed by atoms with E-state index >= 15 is 0 Å². The standard InChI is InChI=1S/C12H13Br/c1-2-9-7-8-10-5-3-4-6-11(10)12(9)13/h2,7-8H,1,3-6H2. The van der Waals surface area contributed by atoms with Crippen molar-refractivity contribution in [3.8, 4) is 0 Å². The van der Waals surface area contributed by atoms with Crippen LogP contribution in [0.5, 0.6) is 0 Å². The van der Waals surface area contributed by atoms with E-state index in [0.29, 0.717) is 0 Å². The van der Waals surface area contributed by atoms with Crippen LogP contribution >= 0.6 is 15.9 Å². The van der Waals surface area contributed by atoms with E-state index in [2.05, 4.69) is 34.6 Å². The minimum absolute atomic E-state index is 1.22. The Morgan fingerprint density at radius 3 is 2.77 bits per heavy atom. The van der Waals surface area contributed by atoms with Gasteiger partial charge < -0.3 is 0 Å². The number of benzene rings is 1. The van der Waals surface area contributed by atoms with Crippen molar-refractivity contribution >= 4 is 22.0 Å². The molecule has 68 valence electrons. The highest BCUT2D eigenvalue weighted by Gasteiger charge is 2.13. The van der Waals surface area contributed by atoms with Gasteiger partial charge in [-0.15, -0.1) is 0 Å². The van der Waals surface area contributed by atoms with Crippen molar-refractivity contribution in [3.05, 3.63) is 39.9 Å². The number of fused-ring (bicyclic) bond motifs is 1. The van der Waals surface area contributed by atoms with Crippen LogP contribution in [0.15, 0.2) is 23.2 Å². The van der Waals surface area contributed by atoms with Gasteiger partial charge in [0.15, 0.2) is 0 Å². The molecule has 0 fully saturated rings. The van der Waals surface area contributed by atoms with Gasteiger partial charge in [-0.25, -0.2) is 0 Å². The van der Waals surface area contributed by atoms with E-state index < -0.39 is 0 Å². The van der Waals surface area contributed by atoms with Crippen molar-refractivity contribution in [2.75, 3.05) is 0 Å². The predicted octanol–water partition coefficient (Wildman–Crippen LogP) is 3.97. The van der Waals surface area contributed by atoms with Gasteiger partial charge in [0, 0.05) is 4.47 Å². The van der Waals surface area contributed by atoms with Crippen LogP contribution in [-0.4, -0.2) is 0 Å². The Labute approximate surface area is 87.8 Å². The van der Waals surface area contributed by atoms with E-state index in [1.54, 1.807) is 0 Å². The normalized spacial score (nSPS) is 15.2. The largest absolute Gasteiger partial charge is 0.0984 e. The second-order valence-electron chi connectivity index (χ2n) is 3.52. The minimum Gasteiger partial charge on any atom is -0.0984 e. The van der Waals surface area contributed by atoms with Gasteiger partial charge in [0.2, 0.25) is 0 Å². The molecule has 2 rings (SSSR count). The molecule has 0 atom stereocenters. The highest BCUT2D eigenvalue weighted by Crippen LogP contribution is 2.31. The van der Waals surface area contributed by atoms with Gasteiger partial charge in [-0.3, -0.25) is 0 Å². The Morgan fingerprint density at radius 1 is 1.23 bits per heavy atom. The molecule has 0 heterocycles. The summed E-state index contributed by atoms with van der Waals surface area (Å²) >= 11 is 3.66. The smallest absolute Gasteiger partial charge is 0.0282 e. The van der Waals surface area contributed by atoms with Crippen molar-refractivity contribution in [3.63, 3.8) is 0 Å². The summed E-state index contributed by atoms with van der Waals surface area (Å²) < 4.78 is 1.26. The number of rotatable bonds is 1. The molecule has 0 N–H and O–H groups in total. The number of halogens is 1. The monoisotopic (exact) mass is 236 g/mol. The van der Waals surface area contributed by atoms with E-state index in [9.17, 15) is 0 Å². The van der Waals surface area contributed by atoms with Crippen LogP contribution in [0, 0.1) is 0 Å². The zero-order chi connectivity index (χ0) is 9.26. The molecule has 0 aliphatic heterocycles. The molecule has 0 amide bonds. The third-order valence-corrected chi connectivity index (χ3v) is 3.65. The zero-order valence-corrected chi connectivity index (χ0v) is 9.23. The molecule has 0 saturated carbocycles. The third kappa shape index (κ3) is 1.58. The topological polar surface area (TPSA) is 0 Å². The van der Waals surface area contributed by atoms with Gasteiger partial charge >= 0.3 is 0 Å². The van der Waals surface area contributed by atoms with E-state index in [1.165, 1.54) is 46.8 Å². The molecule has 0 bridgehead atoms. The van der Waals surface area contributed by atoms with Gasteiger partial charge in [0.05, 0.1) is 0 Å². The first-order valence-corrected chi connectivity index (χ1v) is 5.55. The molecule has 0 radical (unpaired) electrons. The molecule has 13 heavy (non-hydrogen) atoms. The molecule has 0 unspecified atom stereocenters. The Kier molecular flexibility index (Phi) is 2.54. The quantitative estimate of drug-likeness (QED) is 0.693. The molecule has 1 aliphatic rings. The molecule has 1 aliphatic carbocycles. The first-order chi connectivity index (χ1) is 6.33. The van der Waals surface area contributed by atoms with E-state index in [1.807, 2.05) is 6.08 Å². The molecule has 0 aromatic heterocycles. The van der Waals surface area contributed by atoms with E-state index in [-0.39, 0.29) is 0 Å². The first-order valence-electron chi connectivity index (χ1n) is 4.75. The summed E-state index contributed by atoms with van der Waals surface area (Å²) in [5.74, 6) is 0. The van der Waals surface area contributed by atoms with Crippen LogP contribution in [0.25, 0.3) is 6.08 Å². The second kappa shape index (κ2) is 3.67. The number of aryl methyl sites for hydroxylation is 1. The van der Waals surface area contributed by atoms with Crippen molar-refractivity contribution in [2.45, 2.75) is 25.7 Å². The Hall–Kier alpha value is -0.560. The van der Waals surface area contributed by atoms with Crippen molar-refractivity contribution in [1.29, 1.82) is 0 Å². The average Bonchev–Trinajstić information content (AvgIpc) is 2.19. The summed E-state index contributed by atoms with van der Waals surface area (Å²) in [6, 6.07) is 4.40. The lowest BCUT2D eigenvalue weighted by Gasteiger charge is -2.18. The maximum atomic E-state index is 3.81. The third-order valence-electron chi connectivity index (χ3n) is 2.71. The lowest BCUT2D eigenvalue weighted by atomic mass is 9.90. The Bertz CT molecular complexity index is 339. The molecule has 1 aromatic carbocycles. The lowest BCUT2D eigenvalue weighted by molar-refractivity contribution is 0.683. The van der Waals surface area contributed by atoms with Gasteiger partial charge in [0.1, 0.15) is 0 Å². The van der Waals surface area contributed by atoms with E-state index in [0.717, 1.165) is 0 Å². The minimum atomic E-state index is 1.22. The summed E-state index contributed by atoms with van der Waals surface area (Å²) in [6.45, 7) is 3.81. The van der Waals surface area contributed by atoms with Crippen LogP contribution < -0.4 is 0 Å². The Morgan fingerprint density at radius 2 is 2.00 bits per heavy atom. The molecule has 0 saturated heterocycles. The second-order valence-corrected chi connectivity index (χ2v) is 4.31. The summed E-state index contributed by atoms with van der Waals surface area (Å²) in [5.41, 5.74) is 4.24. The molecule has 1 aromatic rings. The molecular weight excluding hydrogens is 224 g/mol. The zero-order valence-electron chi connectivity index (χ0n) is 7.65. The number of hydrogen-bond donors (Lipinski definition) is 0. The molecular formula is C12H13Br. The Balaban J connectivity index is 2.54. The number of hydrogen-bond acceptors (Lipinski definition) is 0. The van der Waals surface area contributed by atoms with Crippen molar-refractivity contribution in [2.24, 2.45) is 0 Å². The summed E-state index contributed by atoms with van der Waals surface area (Å²) in [6.07, 6.45) is 7.04. The van der Waals surface area contributed by atoms with Crippen LogP contribution in [0.3, 0.4) is 0 Å². The first kappa shape index (κ1) is 9.01. The fourth-order valence-electron chi connectivity index (χ4n) is 1.96. The predicted molar refractivity (Wildman–Crippen MR) is 60.9 cm³/mol. The summed E-state index contributed by atoms with van der Waals surface area (Å²) in [4.78, 5) is 0. The summed E-state index contributed by atoms with van der Waals surface area (Å²) in [5, 5.41) is 0. The molecule has 0 spiro atoms. The van der Waals surface area contributed by atoms with Gasteiger partial charge in [-0.05, 0) is 58.3 Å².